The molecule has 2 N–H and O–H groups in total. The summed E-state index contributed by atoms with van der Waals surface area (Å²) >= 11 is 0. The smallest absolute Gasteiger partial charge is 0.329 e. The molecule has 0 aromatic carbocycles. The zero-order valence-corrected chi connectivity index (χ0v) is 15.3. The van der Waals surface area contributed by atoms with Crippen molar-refractivity contribution in [3.63, 3.8) is 0 Å². The number of carbonyl (C=O) groups excluding carboxylic acids is 3. The number of likely N-dealkylation sites (tertiary alicyclic amines) is 1. The van der Waals surface area contributed by atoms with E-state index >= 15 is 0 Å². The number of nitrogens with one attached hydrogen (secondary N) is 2. The van der Waals surface area contributed by atoms with Crippen LogP contribution >= 0.6 is 0 Å². The molecular weight excluding hydrogens is 322 g/mol. The molecule has 1 spiro atoms. The summed E-state index contributed by atoms with van der Waals surface area (Å²) in [6.07, 6.45) is 5.34. The average Bonchev–Trinajstić information content (AvgIpc) is 2.83. The summed E-state index contributed by atoms with van der Waals surface area (Å²) in [7, 11) is 0. The van der Waals surface area contributed by atoms with Crippen LogP contribution in [0.5, 0.6) is 0 Å². The third-order valence-electron chi connectivity index (χ3n) is 6.20. The highest BCUT2D eigenvalue weighted by Crippen LogP contribution is 2.37. The number of quaternary nitrogens is 1. The molecule has 140 valence electrons. The average molecular weight is 352 g/mol. The number of nitrogens with zero attached hydrogens (tertiary/aromatic N) is 1. The molecule has 0 aromatic rings. The fourth-order valence-corrected chi connectivity index (χ4v) is 4.54. The first kappa shape index (κ1) is 18.2. The van der Waals surface area contributed by atoms with E-state index in [-0.39, 0.29) is 29.7 Å². The van der Waals surface area contributed by atoms with Crippen molar-refractivity contribution < 1.29 is 24.0 Å². The summed E-state index contributed by atoms with van der Waals surface area (Å²) in [5, 5.41) is 3.00. The number of urea groups is 1. The van der Waals surface area contributed by atoms with Crippen LogP contribution < -0.4 is 10.2 Å². The maximum Gasteiger partial charge on any atom is 0.329 e. The second-order valence-electron chi connectivity index (χ2n) is 7.72. The molecule has 2 atom stereocenters. The summed E-state index contributed by atoms with van der Waals surface area (Å²) in [6, 6.07) is -0.251. The van der Waals surface area contributed by atoms with Crippen molar-refractivity contribution in [1.29, 1.82) is 0 Å². The summed E-state index contributed by atoms with van der Waals surface area (Å²) in [5.74, 6) is -0.0278. The van der Waals surface area contributed by atoms with Crippen molar-refractivity contribution in [1.82, 2.24) is 10.2 Å². The summed E-state index contributed by atoms with van der Waals surface area (Å²) in [6.45, 7) is 6.26. The van der Waals surface area contributed by atoms with Crippen molar-refractivity contribution in [3.8, 4) is 0 Å². The van der Waals surface area contributed by atoms with Crippen LogP contribution in [0.3, 0.4) is 0 Å². The molecule has 2 aliphatic heterocycles. The summed E-state index contributed by atoms with van der Waals surface area (Å²) in [4.78, 5) is 39.9. The van der Waals surface area contributed by atoms with Gasteiger partial charge < -0.3 is 15.0 Å². The Bertz CT molecular complexity index is 544. The van der Waals surface area contributed by atoms with Crippen molar-refractivity contribution in [2.45, 2.75) is 57.9 Å². The Balaban J connectivity index is 1.58. The number of amides is 3. The van der Waals surface area contributed by atoms with Crippen LogP contribution in [0.25, 0.3) is 0 Å². The molecule has 2 saturated heterocycles. The minimum atomic E-state index is -0.683. The second kappa shape index (κ2) is 7.32. The van der Waals surface area contributed by atoms with Gasteiger partial charge in [-0.3, -0.25) is 9.59 Å². The van der Waals surface area contributed by atoms with Crippen LogP contribution in [0.2, 0.25) is 0 Å². The standard InChI is InChI=1S/C18H29N3O4/c1-3-25-15(22)14-7-10-20(11-8-14)12-21-16(23)18(19-17(21)24)9-5-4-6-13(18)2/h13-14H,3-12H2,1-2H3,(H,19,24)/p+1/t13-,18-/m0/s1. The van der Waals surface area contributed by atoms with E-state index < -0.39 is 5.54 Å². The highest BCUT2D eigenvalue weighted by Gasteiger charge is 2.55. The Morgan fingerprint density at radius 1 is 1.28 bits per heavy atom. The maximum absolute atomic E-state index is 13.0. The van der Waals surface area contributed by atoms with E-state index in [2.05, 4.69) is 12.2 Å². The number of hydrogen-bond donors (Lipinski definition) is 2. The zero-order chi connectivity index (χ0) is 18.0. The molecule has 3 fully saturated rings. The molecule has 3 aliphatic rings. The van der Waals surface area contributed by atoms with Gasteiger partial charge in [0.05, 0.1) is 25.6 Å². The van der Waals surface area contributed by atoms with Gasteiger partial charge in [-0.1, -0.05) is 19.8 Å². The first-order chi connectivity index (χ1) is 12.0. The predicted molar refractivity (Wildman–Crippen MR) is 90.7 cm³/mol. The molecule has 3 rings (SSSR count). The Morgan fingerprint density at radius 2 is 2.00 bits per heavy atom. The van der Waals surface area contributed by atoms with Crippen LogP contribution in [0.4, 0.5) is 4.79 Å². The van der Waals surface area contributed by atoms with E-state index in [9.17, 15) is 14.4 Å². The van der Waals surface area contributed by atoms with Crippen LogP contribution in [0, 0.1) is 11.8 Å². The molecule has 3 amide bonds. The quantitative estimate of drug-likeness (QED) is 0.563. The third kappa shape index (κ3) is 3.38. The summed E-state index contributed by atoms with van der Waals surface area (Å²) in [5.41, 5.74) is -0.683. The lowest BCUT2D eigenvalue weighted by Gasteiger charge is -2.37. The number of piperidine rings is 1. The molecule has 0 bridgehead atoms. The van der Waals surface area contributed by atoms with E-state index in [0.29, 0.717) is 13.3 Å². The lowest BCUT2D eigenvalue weighted by atomic mass is 9.73. The van der Waals surface area contributed by atoms with Gasteiger partial charge >= 0.3 is 12.0 Å². The van der Waals surface area contributed by atoms with Crippen molar-refractivity contribution >= 4 is 17.9 Å². The Kier molecular flexibility index (Phi) is 5.32. The fraction of sp³-hybridized carbons (Fsp3) is 0.833. The molecular formula is C18H30N3O4+. The number of rotatable bonds is 4. The fourth-order valence-electron chi connectivity index (χ4n) is 4.54. The number of hydrogen-bond acceptors (Lipinski definition) is 4. The van der Waals surface area contributed by atoms with Gasteiger partial charge in [0.25, 0.3) is 5.91 Å². The number of esters is 1. The van der Waals surface area contributed by atoms with Gasteiger partial charge in [0.1, 0.15) is 5.54 Å². The normalized spacial score (nSPS) is 35.8. The topological polar surface area (TPSA) is 80.2 Å². The van der Waals surface area contributed by atoms with Crippen molar-refractivity contribution in [2.24, 2.45) is 11.8 Å². The van der Waals surface area contributed by atoms with Crippen molar-refractivity contribution in [3.05, 3.63) is 0 Å². The molecule has 1 saturated carbocycles. The largest absolute Gasteiger partial charge is 0.466 e. The number of ether oxygens (including phenoxy) is 1. The van der Waals surface area contributed by atoms with E-state index in [1.54, 1.807) is 0 Å². The molecule has 1 aliphatic carbocycles. The third-order valence-corrected chi connectivity index (χ3v) is 6.20. The minimum Gasteiger partial charge on any atom is -0.466 e. The zero-order valence-electron chi connectivity index (χ0n) is 15.3. The van der Waals surface area contributed by atoms with Crippen LogP contribution in [-0.4, -0.2) is 54.7 Å². The molecule has 0 radical (unpaired) electrons. The van der Waals surface area contributed by atoms with E-state index in [1.807, 2.05) is 6.92 Å². The van der Waals surface area contributed by atoms with E-state index in [4.69, 9.17) is 4.74 Å². The maximum atomic E-state index is 13.0. The van der Waals surface area contributed by atoms with Gasteiger partial charge in [-0.15, -0.1) is 0 Å². The molecule has 0 unspecified atom stereocenters. The number of imide groups is 1. The Hall–Kier alpha value is -1.63. The molecule has 2 heterocycles. The first-order valence-electron chi connectivity index (χ1n) is 9.62. The minimum absolute atomic E-state index is 0.0449. The van der Waals surface area contributed by atoms with E-state index in [1.165, 1.54) is 9.80 Å². The predicted octanol–water partition coefficient (Wildman–Crippen LogP) is 0.303. The molecule has 0 aromatic heterocycles. The monoisotopic (exact) mass is 352 g/mol. The SMILES string of the molecule is CCOC(=O)C1CC[NH+](CN2C(=O)N[C@]3(CCCC[C@@H]3C)C2=O)CC1. The van der Waals surface area contributed by atoms with Crippen molar-refractivity contribution in [2.75, 3.05) is 26.4 Å². The summed E-state index contributed by atoms with van der Waals surface area (Å²) < 4.78 is 5.09. The molecule has 7 heteroatoms. The van der Waals surface area contributed by atoms with Gasteiger partial charge in [-0.05, 0) is 25.7 Å². The highest BCUT2D eigenvalue weighted by atomic mass is 16.5. The molecule has 25 heavy (non-hydrogen) atoms. The van der Waals surface area contributed by atoms with Gasteiger partial charge in [-0.2, -0.15) is 0 Å². The van der Waals surface area contributed by atoms with Gasteiger partial charge in [0, 0.05) is 12.8 Å². The highest BCUT2D eigenvalue weighted by molar-refractivity contribution is 6.07. The molecule has 7 nitrogen and oxygen atoms in total. The van der Waals surface area contributed by atoms with Gasteiger partial charge in [0.15, 0.2) is 6.67 Å². The first-order valence-corrected chi connectivity index (χ1v) is 9.62. The number of carbonyl (C=O) groups is 3. The Morgan fingerprint density at radius 3 is 2.64 bits per heavy atom. The van der Waals surface area contributed by atoms with E-state index in [0.717, 1.165) is 51.6 Å². The Labute approximate surface area is 149 Å². The van der Waals surface area contributed by atoms with Crippen LogP contribution in [0.15, 0.2) is 0 Å². The lowest BCUT2D eigenvalue weighted by Crippen LogP contribution is -3.14. The second-order valence-corrected chi connectivity index (χ2v) is 7.72. The lowest BCUT2D eigenvalue weighted by molar-refractivity contribution is -0.913. The van der Waals surface area contributed by atoms with Gasteiger partial charge in [-0.25, -0.2) is 9.69 Å². The van der Waals surface area contributed by atoms with Gasteiger partial charge in [0.2, 0.25) is 0 Å². The van der Waals surface area contributed by atoms with Crippen LogP contribution in [0.1, 0.15) is 52.4 Å². The van der Waals surface area contributed by atoms with Crippen LogP contribution in [-0.2, 0) is 14.3 Å².